The third-order valence-corrected chi connectivity index (χ3v) is 18.8. The first-order valence-corrected chi connectivity index (χ1v) is 33.1. The molecule has 6 amide bonds. The molecule has 23 atom stereocenters. The van der Waals surface area contributed by atoms with Gasteiger partial charge in [-0.15, -0.1) is 0 Å². The SMILES string of the molecule is COc1ccc2cc(CO[C@H]3[C@H](O)[C@H](O)[C@@H](O[C@H]4[C@H](O)[C@H](O)[C@@H](Oc5ccc(C[C@H]6NC(=O)[C@H](C(C)c7ccccc7)NC(=O)CNC(=O)[C@H](CO)NC(=O)[C@@H](CC7CN=C(N)N7[C@H]7O[C@H](CO)[C@@H](O)[C@H](O)[C@@H]7O)NC(=O)[C@H](CC7CN=C(N)N7)NC6=O)cc5)O[C@@H]4CO)O[C@@H]3CO)ccc2c1. The first kappa shape index (κ1) is 76.1. The molecule has 0 aliphatic carbocycles. The number of nitrogens with two attached hydrogens (primary N) is 2. The molecule has 4 fully saturated rings. The number of hydrogen-bond acceptors (Lipinski definition) is 30. The van der Waals surface area contributed by atoms with Crippen LogP contribution in [0.25, 0.3) is 10.8 Å². The second kappa shape index (κ2) is 34.2. The van der Waals surface area contributed by atoms with Gasteiger partial charge in [0.25, 0.3) is 0 Å². The van der Waals surface area contributed by atoms with Crippen molar-refractivity contribution in [1.29, 1.82) is 0 Å². The van der Waals surface area contributed by atoms with E-state index in [2.05, 4.69) is 47.2 Å². The molecule has 3 unspecified atom stereocenters. The lowest BCUT2D eigenvalue weighted by Crippen LogP contribution is -2.66. The molecule has 4 aromatic carbocycles. The number of nitrogens with zero attached hydrogens (tertiary/aromatic N) is 3. The molecule has 22 N–H and O–H groups in total. The van der Waals surface area contributed by atoms with Crippen molar-refractivity contribution >= 4 is 58.1 Å². The molecular formula is C66H88N12O24. The maximum absolute atomic E-state index is 15.2. The van der Waals surface area contributed by atoms with Crippen LogP contribution in [-0.2, 0) is 65.5 Å². The van der Waals surface area contributed by atoms with E-state index in [4.69, 9.17) is 44.6 Å². The molecule has 0 radical (unpaired) electrons. The fourth-order valence-electron chi connectivity index (χ4n) is 13.0. The molecule has 10 rings (SSSR count). The second-order valence-corrected chi connectivity index (χ2v) is 25.7. The van der Waals surface area contributed by atoms with E-state index < -0.39 is 215 Å². The summed E-state index contributed by atoms with van der Waals surface area (Å²) in [6.07, 6.45) is -26.3. The van der Waals surface area contributed by atoms with E-state index in [1.807, 2.05) is 24.3 Å². The van der Waals surface area contributed by atoms with Gasteiger partial charge >= 0.3 is 0 Å². The van der Waals surface area contributed by atoms with Gasteiger partial charge in [-0.3, -0.25) is 38.8 Å². The van der Waals surface area contributed by atoms with Gasteiger partial charge in [0, 0.05) is 12.3 Å². The topological polar surface area (TPSA) is 554 Å². The van der Waals surface area contributed by atoms with E-state index in [-0.39, 0.29) is 50.2 Å². The standard InChI is InChI=1S/C66H88N12O24/c1-29(32-6-4-3-5-7-32)47-61(95)75-39(17-30-9-13-37(14-10-30)98-63-54(90)51(87)56(45(27-82)101-63)102-64-53(89)50(86)55(44(26-81)100-64)97-28-31-8-11-34-18-38(96-2)15-12-33(34)16-31)58(92)73-40(19-35-21-70-65(67)72-35)59(93)74-41(60(94)76-42(24-79)57(91)69-23-46(83)77-47)20-36-22-71-66(68)78(36)62-52(88)49(85)48(84)43(25-80)99-62/h3-16,18,29,35-36,39-45,47-56,62-64,79-82,84-90H,17,19-28H2,1-2H3,(H2,68,71)(H,69,91)(H,73,92)(H,74,93)(H,75,95)(H,76,94)(H,77,83)(H3,67,70,72)/t29?,35?,36?,39-,40+,41-,42+,43-,44-,45-,47+,48-,49+,50-,51-,52+,53+,54+,55-,56-,62+,63+,64-/m1/s1. The van der Waals surface area contributed by atoms with Crippen LogP contribution in [0, 0.1) is 0 Å². The molecule has 4 aromatic rings. The Bertz CT molecular complexity index is 3620. The molecule has 6 heterocycles. The Morgan fingerprint density at radius 1 is 0.559 bits per heavy atom. The van der Waals surface area contributed by atoms with Crippen molar-refractivity contribution in [3.63, 3.8) is 0 Å². The van der Waals surface area contributed by atoms with Crippen molar-refractivity contribution in [3.05, 3.63) is 108 Å². The fourth-order valence-corrected chi connectivity index (χ4v) is 13.0. The van der Waals surface area contributed by atoms with Gasteiger partial charge in [-0.05, 0) is 70.6 Å². The Labute approximate surface area is 583 Å². The molecule has 102 heavy (non-hydrogen) atoms. The predicted molar refractivity (Wildman–Crippen MR) is 353 cm³/mol. The van der Waals surface area contributed by atoms with Crippen LogP contribution >= 0.6 is 0 Å². The number of rotatable bonds is 21. The summed E-state index contributed by atoms with van der Waals surface area (Å²) >= 11 is 0. The Morgan fingerprint density at radius 3 is 1.82 bits per heavy atom. The monoisotopic (exact) mass is 1430 g/mol. The molecular weight excluding hydrogens is 1340 g/mol. The van der Waals surface area contributed by atoms with E-state index in [0.29, 0.717) is 22.4 Å². The summed E-state index contributed by atoms with van der Waals surface area (Å²) in [6, 6.07) is 15.1. The number of amides is 6. The number of ether oxygens (including phenoxy) is 7. The molecule has 36 heteroatoms. The van der Waals surface area contributed by atoms with Gasteiger partial charge in [0.05, 0.1) is 71.9 Å². The highest BCUT2D eigenvalue weighted by molar-refractivity contribution is 5.98. The van der Waals surface area contributed by atoms with Gasteiger partial charge in [0.15, 0.2) is 24.4 Å². The molecule has 6 aliphatic rings. The number of nitrogens with one attached hydrogen (secondary N) is 7. The average Bonchev–Trinajstić information content (AvgIpc) is 1.38. The van der Waals surface area contributed by atoms with Crippen molar-refractivity contribution < 1.29 is 118 Å². The van der Waals surface area contributed by atoms with E-state index in [1.165, 1.54) is 29.2 Å². The van der Waals surface area contributed by atoms with Crippen LogP contribution in [0.2, 0.25) is 0 Å². The lowest BCUT2D eigenvalue weighted by Gasteiger charge is -2.46. The van der Waals surface area contributed by atoms with Crippen LogP contribution in [0.4, 0.5) is 0 Å². The number of aliphatic hydroxyl groups excluding tert-OH is 11. The summed E-state index contributed by atoms with van der Waals surface area (Å²) in [5, 5.41) is 140. The highest BCUT2D eigenvalue weighted by atomic mass is 16.7. The zero-order valence-electron chi connectivity index (χ0n) is 55.4. The smallest absolute Gasteiger partial charge is 0.245 e. The Balaban J connectivity index is 0.872. The minimum Gasteiger partial charge on any atom is -0.497 e. The highest BCUT2D eigenvalue weighted by Gasteiger charge is 2.53. The van der Waals surface area contributed by atoms with Crippen molar-refractivity contribution in [2.45, 2.75) is 173 Å². The van der Waals surface area contributed by atoms with Gasteiger partial charge < -0.3 is 143 Å². The van der Waals surface area contributed by atoms with Crippen LogP contribution in [-0.4, -0.2) is 296 Å². The number of aliphatic hydroxyl groups is 11. The third kappa shape index (κ3) is 17.7. The highest BCUT2D eigenvalue weighted by Crippen LogP contribution is 2.34. The maximum atomic E-state index is 15.2. The minimum absolute atomic E-state index is 0.000921. The van der Waals surface area contributed by atoms with E-state index in [9.17, 15) is 75.3 Å². The number of fused-ring (bicyclic) bond motifs is 1. The normalized spacial score (nSPS) is 34.1. The molecule has 4 saturated heterocycles. The lowest BCUT2D eigenvalue weighted by atomic mass is 9.92. The molecule has 36 nitrogen and oxygen atoms in total. The lowest BCUT2D eigenvalue weighted by molar-refractivity contribution is -0.355. The van der Waals surface area contributed by atoms with Crippen molar-refractivity contribution in [2.24, 2.45) is 21.5 Å². The molecule has 0 aromatic heterocycles. The number of carbonyl (C=O) groups is 6. The fraction of sp³-hybridized carbons (Fsp3) is 0.545. The zero-order chi connectivity index (χ0) is 73.2. The summed E-state index contributed by atoms with van der Waals surface area (Å²) in [6.45, 7) is -2.92. The molecule has 6 aliphatic heterocycles. The minimum atomic E-state index is -1.93. The van der Waals surface area contributed by atoms with Crippen LogP contribution in [0.3, 0.4) is 0 Å². The number of methoxy groups -OCH3 is 1. The number of benzene rings is 4. The third-order valence-electron chi connectivity index (χ3n) is 18.8. The number of hydrogen-bond donors (Lipinski definition) is 20. The van der Waals surface area contributed by atoms with Crippen LogP contribution in [0.5, 0.6) is 11.5 Å². The summed E-state index contributed by atoms with van der Waals surface area (Å²) in [7, 11) is 1.56. The van der Waals surface area contributed by atoms with Crippen LogP contribution in [0.1, 0.15) is 42.4 Å². The zero-order valence-corrected chi connectivity index (χ0v) is 55.4. The van der Waals surface area contributed by atoms with Gasteiger partial charge in [0.2, 0.25) is 41.7 Å². The molecule has 0 saturated carbocycles. The predicted octanol–water partition coefficient (Wildman–Crippen LogP) is -8.17. The quantitative estimate of drug-likeness (QED) is 0.0368. The Hall–Kier alpha value is -8.54. The largest absolute Gasteiger partial charge is 0.497 e. The van der Waals surface area contributed by atoms with Gasteiger partial charge in [-0.25, -0.2) is 0 Å². The van der Waals surface area contributed by atoms with Gasteiger partial charge in [-0.2, -0.15) is 0 Å². The number of guanidine groups is 2. The van der Waals surface area contributed by atoms with Crippen LogP contribution < -0.4 is 58.2 Å². The first-order chi connectivity index (χ1) is 48.9. The van der Waals surface area contributed by atoms with E-state index in [0.717, 1.165) is 10.8 Å². The first-order valence-electron chi connectivity index (χ1n) is 33.1. The molecule has 556 valence electrons. The van der Waals surface area contributed by atoms with Crippen molar-refractivity contribution in [2.75, 3.05) is 53.2 Å². The summed E-state index contributed by atoms with van der Waals surface area (Å²) in [5.41, 5.74) is 13.9. The summed E-state index contributed by atoms with van der Waals surface area (Å²) in [5.74, 6) is -6.52. The second-order valence-electron chi connectivity index (χ2n) is 25.7. The molecule has 0 bridgehead atoms. The van der Waals surface area contributed by atoms with E-state index >= 15 is 9.59 Å². The Morgan fingerprint density at radius 2 is 1.16 bits per heavy atom. The van der Waals surface area contributed by atoms with Crippen LogP contribution in [0.15, 0.2) is 101 Å². The Kier molecular flexibility index (Phi) is 25.5. The summed E-state index contributed by atoms with van der Waals surface area (Å²) < 4.78 is 40.8. The van der Waals surface area contributed by atoms with Crippen molar-refractivity contribution in [3.8, 4) is 11.5 Å². The number of aliphatic imine (C=N–C) groups is 2. The molecule has 0 spiro atoms. The van der Waals surface area contributed by atoms with Crippen molar-refractivity contribution in [1.82, 2.24) is 42.1 Å². The van der Waals surface area contributed by atoms with E-state index in [1.54, 1.807) is 56.5 Å². The maximum Gasteiger partial charge on any atom is 0.245 e. The number of carbonyl (C=O) groups excluding carboxylic acids is 6. The average molecular weight is 1430 g/mol. The summed E-state index contributed by atoms with van der Waals surface area (Å²) in [4.78, 5) is 96.9. The van der Waals surface area contributed by atoms with Gasteiger partial charge in [0.1, 0.15) is 115 Å². The van der Waals surface area contributed by atoms with Gasteiger partial charge in [-0.1, -0.05) is 67.6 Å².